The first-order valence-electron chi connectivity index (χ1n) is 7.60. The molecule has 0 radical (unpaired) electrons. The predicted molar refractivity (Wildman–Crippen MR) is 74.3 cm³/mol. The number of piperidine rings is 1. The zero-order valence-corrected chi connectivity index (χ0v) is 11.8. The van der Waals surface area contributed by atoms with Crippen LogP contribution in [0.1, 0.15) is 42.5 Å². The highest BCUT2D eigenvalue weighted by atomic mass is 16.2. The molecule has 3 aliphatic rings. The van der Waals surface area contributed by atoms with Crippen molar-refractivity contribution in [1.29, 1.82) is 0 Å². The van der Waals surface area contributed by atoms with Crippen molar-refractivity contribution in [3.63, 3.8) is 0 Å². The molecule has 2 atom stereocenters. The second kappa shape index (κ2) is 4.51. The lowest BCUT2D eigenvalue weighted by Gasteiger charge is -2.32. The molecule has 2 amide bonds. The number of nitrogens with zero attached hydrogens (tertiary/aromatic N) is 3. The summed E-state index contributed by atoms with van der Waals surface area (Å²) < 4.78 is 0. The van der Waals surface area contributed by atoms with Gasteiger partial charge in [-0.25, -0.2) is 9.97 Å². The first-order valence-corrected chi connectivity index (χ1v) is 7.60. The summed E-state index contributed by atoms with van der Waals surface area (Å²) >= 11 is 0. The number of rotatable bonds is 3. The fraction of sp³-hybridized carbons (Fsp3) is 0.600. The van der Waals surface area contributed by atoms with Crippen LogP contribution in [-0.2, 0) is 4.79 Å². The Morgan fingerprint density at radius 3 is 2.62 bits per heavy atom. The molecule has 3 fully saturated rings. The molecule has 4 rings (SSSR count). The van der Waals surface area contributed by atoms with Crippen LogP contribution >= 0.6 is 0 Å². The minimum absolute atomic E-state index is 0.0416. The summed E-state index contributed by atoms with van der Waals surface area (Å²) in [5.41, 5.74) is -0.136. The third kappa shape index (κ3) is 1.85. The van der Waals surface area contributed by atoms with E-state index in [-0.39, 0.29) is 11.8 Å². The van der Waals surface area contributed by atoms with Gasteiger partial charge in [0.05, 0.1) is 5.56 Å². The number of carbonyl (C=O) groups excluding carboxylic acids is 2. The minimum Gasteiger partial charge on any atom is -0.351 e. The molecule has 21 heavy (non-hydrogen) atoms. The number of hydrogen-bond donors (Lipinski definition) is 1. The van der Waals surface area contributed by atoms with E-state index in [0.29, 0.717) is 24.1 Å². The van der Waals surface area contributed by atoms with Crippen LogP contribution in [0.5, 0.6) is 0 Å². The lowest BCUT2D eigenvalue weighted by molar-refractivity contribution is -0.128. The van der Waals surface area contributed by atoms with Crippen molar-refractivity contribution < 1.29 is 9.59 Å². The Bertz CT molecular complexity index is 587. The predicted octanol–water partition coefficient (Wildman–Crippen LogP) is 0.750. The number of hydrogen-bond acceptors (Lipinski definition) is 4. The summed E-state index contributed by atoms with van der Waals surface area (Å²) in [6.45, 7) is 0.649. The maximum absolute atomic E-state index is 12.6. The highest BCUT2D eigenvalue weighted by Gasteiger charge is 2.68. The van der Waals surface area contributed by atoms with E-state index in [1.54, 1.807) is 4.90 Å². The highest BCUT2D eigenvalue weighted by molar-refractivity contribution is 6.01. The zero-order valence-electron chi connectivity index (χ0n) is 11.8. The Morgan fingerprint density at radius 1 is 1.24 bits per heavy atom. The third-order valence-electron chi connectivity index (χ3n) is 5.14. The Morgan fingerprint density at radius 2 is 2.00 bits per heavy atom. The monoisotopic (exact) mass is 286 g/mol. The van der Waals surface area contributed by atoms with Crippen molar-refractivity contribution >= 4 is 11.8 Å². The van der Waals surface area contributed by atoms with Gasteiger partial charge in [0.25, 0.3) is 5.91 Å². The molecular formula is C15H18N4O2. The van der Waals surface area contributed by atoms with Gasteiger partial charge in [0.2, 0.25) is 5.91 Å². The maximum Gasteiger partial charge on any atom is 0.257 e. The summed E-state index contributed by atoms with van der Waals surface area (Å²) in [6.07, 6.45) is 9.46. The molecule has 1 aromatic heterocycles. The average molecular weight is 286 g/mol. The van der Waals surface area contributed by atoms with E-state index < -0.39 is 5.54 Å². The number of likely N-dealkylation sites (tertiary alicyclic amines) is 1. The summed E-state index contributed by atoms with van der Waals surface area (Å²) in [4.78, 5) is 34.8. The van der Waals surface area contributed by atoms with Crippen LogP contribution in [0.25, 0.3) is 0 Å². The Balaban J connectivity index is 1.55. The molecule has 6 heteroatoms. The van der Waals surface area contributed by atoms with Crippen LogP contribution in [-0.4, -0.2) is 44.8 Å². The summed E-state index contributed by atoms with van der Waals surface area (Å²) in [5, 5.41) is 3.11. The number of nitrogens with one attached hydrogen (secondary N) is 1. The molecule has 2 unspecified atom stereocenters. The minimum atomic E-state index is -0.595. The number of carbonyl (C=O) groups is 2. The normalized spacial score (nSPS) is 30.5. The first kappa shape index (κ1) is 12.7. The van der Waals surface area contributed by atoms with Gasteiger partial charge in [-0.1, -0.05) is 0 Å². The lowest BCUT2D eigenvalue weighted by Crippen LogP contribution is -2.53. The van der Waals surface area contributed by atoms with Crippen molar-refractivity contribution in [2.75, 3.05) is 6.54 Å². The van der Waals surface area contributed by atoms with Crippen molar-refractivity contribution in [2.45, 2.75) is 43.7 Å². The second-order valence-corrected chi connectivity index (χ2v) is 6.30. The van der Waals surface area contributed by atoms with Gasteiger partial charge in [-0.2, -0.15) is 0 Å². The molecule has 1 saturated heterocycles. The standard InChI is InChI=1S/C15H18N4O2/c20-13(10-7-16-9-17-8-10)19-5-4-11-6-15(11,19)14(21)18-12-2-1-3-12/h7-9,11-12H,1-6H2,(H,18,21). The number of aromatic nitrogens is 2. The molecule has 6 nitrogen and oxygen atoms in total. The van der Waals surface area contributed by atoms with E-state index in [1.807, 2.05) is 0 Å². The maximum atomic E-state index is 12.6. The molecule has 2 saturated carbocycles. The molecule has 0 aromatic carbocycles. The molecule has 0 spiro atoms. The Labute approximate surface area is 123 Å². The van der Waals surface area contributed by atoms with Crippen molar-refractivity contribution in [3.05, 3.63) is 24.3 Å². The van der Waals surface area contributed by atoms with Crippen LogP contribution in [0, 0.1) is 5.92 Å². The van der Waals surface area contributed by atoms with E-state index in [4.69, 9.17) is 0 Å². The molecule has 2 heterocycles. The summed E-state index contributed by atoms with van der Waals surface area (Å²) in [7, 11) is 0. The van der Waals surface area contributed by atoms with E-state index in [0.717, 1.165) is 25.7 Å². The van der Waals surface area contributed by atoms with Gasteiger partial charge in [0.15, 0.2) is 0 Å². The quantitative estimate of drug-likeness (QED) is 0.889. The SMILES string of the molecule is O=C(c1cncnc1)N1CCC2CC21C(=O)NC1CCC1. The third-order valence-corrected chi connectivity index (χ3v) is 5.14. The van der Waals surface area contributed by atoms with Crippen LogP contribution < -0.4 is 5.32 Å². The van der Waals surface area contributed by atoms with Crippen molar-refractivity contribution in [1.82, 2.24) is 20.2 Å². The smallest absolute Gasteiger partial charge is 0.257 e. The topological polar surface area (TPSA) is 75.2 Å². The molecule has 1 N–H and O–H groups in total. The van der Waals surface area contributed by atoms with Gasteiger partial charge in [-0.15, -0.1) is 0 Å². The van der Waals surface area contributed by atoms with Gasteiger partial charge in [-0.3, -0.25) is 9.59 Å². The van der Waals surface area contributed by atoms with Crippen molar-refractivity contribution in [2.24, 2.45) is 5.92 Å². The van der Waals surface area contributed by atoms with Crippen LogP contribution in [0.2, 0.25) is 0 Å². The summed E-state index contributed by atoms with van der Waals surface area (Å²) in [6, 6.07) is 0.311. The molecule has 1 aromatic rings. The second-order valence-electron chi connectivity index (χ2n) is 6.30. The molecular weight excluding hydrogens is 268 g/mol. The Hall–Kier alpha value is -1.98. The van der Waals surface area contributed by atoms with E-state index in [9.17, 15) is 9.59 Å². The highest BCUT2D eigenvalue weighted by Crippen LogP contribution is 2.56. The van der Waals surface area contributed by atoms with Gasteiger partial charge in [-0.05, 0) is 38.0 Å². The fourth-order valence-electron chi connectivity index (χ4n) is 3.58. The number of fused-ring (bicyclic) bond motifs is 1. The first-order chi connectivity index (χ1) is 10.2. The van der Waals surface area contributed by atoms with Crippen LogP contribution in [0.15, 0.2) is 18.7 Å². The zero-order chi connectivity index (χ0) is 14.4. The van der Waals surface area contributed by atoms with Crippen LogP contribution in [0.3, 0.4) is 0 Å². The molecule has 110 valence electrons. The molecule has 2 aliphatic carbocycles. The largest absolute Gasteiger partial charge is 0.351 e. The van der Waals surface area contributed by atoms with Crippen LogP contribution in [0.4, 0.5) is 0 Å². The van der Waals surface area contributed by atoms with Gasteiger partial charge < -0.3 is 10.2 Å². The van der Waals surface area contributed by atoms with E-state index in [2.05, 4.69) is 15.3 Å². The lowest BCUT2D eigenvalue weighted by atomic mass is 9.92. The molecule has 0 bridgehead atoms. The fourth-order valence-corrected chi connectivity index (χ4v) is 3.58. The molecule has 1 aliphatic heterocycles. The van der Waals surface area contributed by atoms with Gasteiger partial charge in [0, 0.05) is 25.0 Å². The Kier molecular flexibility index (Phi) is 2.74. The van der Waals surface area contributed by atoms with E-state index in [1.165, 1.54) is 25.1 Å². The van der Waals surface area contributed by atoms with Gasteiger partial charge >= 0.3 is 0 Å². The summed E-state index contributed by atoms with van der Waals surface area (Å²) in [5.74, 6) is 0.241. The number of amides is 2. The van der Waals surface area contributed by atoms with Gasteiger partial charge in [0.1, 0.15) is 11.9 Å². The van der Waals surface area contributed by atoms with E-state index >= 15 is 0 Å². The van der Waals surface area contributed by atoms with Crippen molar-refractivity contribution in [3.8, 4) is 0 Å². The average Bonchev–Trinajstić information content (AvgIpc) is 3.09.